The van der Waals surface area contributed by atoms with Gasteiger partial charge in [-0.2, -0.15) is 0 Å². The molecule has 0 radical (unpaired) electrons. The minimum Gasteiger partial charge on any atom is -0.484 e. The number of nitrogens with zero attached hydrogens (tertiary/aromatic N) is 3. The Hall–Kier alpha value is -3.06. The van der Waals surface area contributed by atoms with Crippen molar-refractivity contribution in [2.75, 3.05) is 26.2 Å². The highest BCUT2D eigenvalue weighted by atomic mass is 35.5. The largest absolute Gasteiger partial charge is 0.484 e. The van der Waals surface area contributed by atoms with E-state index in [-0.39, 0.29) is 18.4 Å². The lowest BCUT2D eigenvalue weighted by Crippen LogP contribution is -2.34. The summed E-state index contributed by atoms with van der Waals surface area (Å²) in [5, 5.41) is 3.53. The van der Waals surface area contributed by atoms with Crippen LogP contribution in [0.15, 0.2) is 48.5 Å². The lowest BCUT2D eigenvalue weighted by Gasteiger charge is -2.21. The lowest BCUT2D eigenvalue weighted by atomic mass is 10.2. The van der Waals surface area contributed by atoms with Crippen LogP contribution in [0.4, 0.5) is 0 Å². The molecule has 1 aliphatic rings. The van der Waals surface area contributed by atoms with Gasteiger partial charge < -0.3 is 19.5 Å². The number of carbonyl (C=O) groups is 2. The molecule has 8 heteroatoms. The maximum atomic E-state index is 13.1. The third-order valence-corrected chi connectivity index (χ3v) is 6.82. The van der Waals surface area contributed by atoms with Crippen LogP contribution < -0.4 is 10.1 Å². The van der Waals surface area contributed by atoms with Crippen molar-refractivity contribution in [1.29, 1.82) is 0 Å². The molecular weight excluding hydrogens is 476 g/mol. The predicted molar refractivity (Wildman–Crippen MR) is 142 cm³/mol. The number of imidazole rings is 1. The molecule has 0 atom stereocenters. The molecule has 0 spiro atoms. The highest BCUT2D eigenvalue weighted by Crippen LogP contribution is 2.19. The molecule has 2 heterocycles. The summed E-state index contributed by atoms with van der Waals surface area (Å²) in [4.78, 5) is 31.9. The predicted octanol–water partition coefficient (Wildman–Crippen LogP) is 5.00. The van der Waals surface area contributed by atoms with Gasteiger partial charge in [0.2, 0.25) is 5.91 Å². The summed E-state index contributed by atoms with van der Waals surface area (Å²) >= 11 is 5.86. The van der Waals surface area contributed by atoms with Crippen molar-refractivity contribution in [3.8, 4) is 5.75 Å². The second-order valence-corrected chi connectivity index (χ2v) is 9.74. The van der Waals surface area contributed by atoms with E-state index in [0.29, 0.717) is 23.9 Å². The summed E-state index contributed by atoms with van der Waals surface area (Å²) in [6.45, 7) is 2.65. The van der Waals surface area contributed by atoms with Gasteiger partial charge in [-0.3, -0.25) is 9.59 Å². The number of fused-ring (bicyclic) bond motifs is 1. The van der Waals surface area contributed by atoms with E-state index in [0.717, 1.165) is 68.5 Å². The van der Waals surface area contributed by atoms with Crippen molar-refractivity contribution in [3.63, 3.8) is 0 Å². The molecule has 1 fully saturated rings. The summed E-state index contributed by atoms with van der Waals surface area (Å²) in [5.74, 6) is 1.62. The highest BCUT2D eigenvalue weighted by Gasteiger charge is 2.19. The fourth-order valence-corrected chi connectivity index (χ4v) is 4.72. The van der Waals surface area contributed by atoms with E-state index < -0.39 is 0 Å². The standard InChI is InChI=1S/C28H35ClN4O3/c29-22-13-15-23(16-14-22)36-21-27(34)30-17-7-3-4-12-26-31-24-10-5-6-11-25(24)33(26)20-28(35)32-18-8-1-2-9-19-32/h5-6,10-11,13-16H,1-4,7-9,12,17-21H2,(H,30,34). The molecule has 4 rings (SSSR count). The zero-order chi connectivity index (χ0) is 25.2. The zero-order valence-electron chi connectivity index (χ0n) is 20.8. The van der Waals surface area contributed by atoms with Crippen LogP contribution >= 0.6 is 11.6 Å². The number of nitrogens with one attached hydrogen (secondary N) is 1. The minimum atomic E-state index is -0.140. The van der Waals surface area contributed by atoms with Crippen molar-refractivity contribution < 1.29 is 14.3 Å². The Bertz CT molecular complexity index is 1140. The molecule has 2 aromatic carbocycles. The first kappa shape index (κ1) is 26.0. The number of rotatable bonds is 11. The quantitative estimate of drug-likeness (QED) is 0.368. The van der Waals surface area contributed by atoms with E-state index in [2.05, 4.69) is 9.88 Å². The van der Waals surface area contributed by atoms with Crippen molar-refractivity contribution >= 4 is 34.4 Å². The molecule has 0 saturated carbocycles. The summed E-state index contributed by atoms with van der Waals surface area (Å²) in [6.07, 6.45) is 8.17. The molecule has 36 heavy (non-hydrogen) atoms. The lowest BCUT2D eigenvalue weighted by molar-refractivity contribution is -0.131. The number of aryl methyl sites for hydroxylation is 1. The number of hydrogen-bond donors (Lipinski definition) is 1. The second kappa shape index (κ2) is 13.3. The maximum Gasteiger partial charge on any atom is 0.257 e. The molecule has 1 aliphatic heterocycles. The van der Waals surface area contributed by atoms with E-state index >= 15 is 0 Å². The number of aromatic nitrogens is 2. The number of carbonyl (C=O) groups excluding carboxylic acids is 2. The Labute approximate surface area is 217 Å². The normalized spacial score (nSPS) is 14.0. The molecule has 1 N–H and O–H groups in total. The van der Waals surface area contributed by atoms with Crippen LogP contribution in [0.1, 0.15) is 50.8 Å². The van der Waals surface area contributed by atoms with Crippen LogP contribution in [-0.4, -0.2) is 52.5 Å². The van der Waals surface area contributed by atoms with Crippen LogP contribution in [-0.2, 0) is 22.6 Å². The summed E-state index contributed by atoms with van der Waals surface area (Å²) in [7, 11) is 0. The topological polar surface area (TPSA) is 76.5 Å². The van der Waals surface area contributed by atoms with Gasteiger partial charge >= 0.3 is 0 Å². The van der Waals surface area contributed by atoms with Crippen LogP contribution in [0.2, 0.25) is 5.02 Å². The maximum absolute atomic E-state index is 13.1. The molecule has 0 aliphatic carbocycles. The number of ether oxygens (including phenoxy) is 1. The minimum absolute atomic E-state index is 0.0172. The Morgan fingerprint density at radius 1 is 0.944 bits per heavy atom. The van der Waals surface area contributed by atoms with Gasteiger partial charge in [-0.1, -0.05) is 43.0 Å². The smallest absolute Gasteiger partial charge is 0.257 e. The molecular formula is C28H35ClN4O3. The zero-order valence-corrected chi connectivity index (χ0v) is 21.5. The molecule has 1 saturated heterocycles. The molecule has 7 nitrogen and oxygen atoms in total. The monoisotopic (exact) mass is 510 g/mol. The second-order valence-electron chi connectivity index (χ2n) is 9.30. The summed E-state index contributed by atoms with van der Waals surface area (Å²) < 4.78 is 7.57. The Morgan fingerprint density at radius 3 is 2.47 bits per heavy atom. The molecule has 0 unspecified atom stereocenters. The fourth-order valence-electron chi connectivity index (χ4n) is 4.59. The van der Waals surface area contributed by atoms with Gasteiger partial charge in [0.1, 0.15) is 18.1 Å². The Balaban J connectivity index is 1.22. The van der Waals surface area contributed by atoms with Crippen LogP contribution in [0, 0.1) is 0 Å². The third-order valence-electron chi connectivity index (χ3n) is 6.57. The van der Waals surface area contributed by atoms with Crippen molar-refractivity contribution in [1.82, 2.24) is 19.8 Å². The molecule has 1 aromatic heterocycles. The van der Waals surface area contributed by atoms with Gasteiger partial charge in [0.05, 0.1) is 11.0 Å². The van der Waals surface area contributed by atoms with E-state index in [9.17, 15) is 9.59 Å². The molecule has 192 valence electrons. The molecule has 0 bridgehead atoms. The molecule has 2 amide bonds. The SMILES string of the molecule is O=C(COc1ccc(Cl)cc1)NCCCCCc1nc2ccccc2n1CC(=O)N1CCCCCC1. The van der Waals surface area contributed by atoms with E-state index in [4.69, 9.17) is 21.3 Å². The average molecular weight is 511 g/mol. The van der Waals surface area contributed by atoms with Crippen molar-refractivity contribution in [2.45, 2.75) is 57.9 Å². The fraction of sp³-hybridized carbons (Fsp3) is 0.464. The highest BCUT2D eigenvalue weighted by molar-refractivity contribution is 6.30. The number of halogens is 1. The van der Waals surface area contributed by atoms with Gasteiger partial charge in [-0.15, -0.1) is 0 Å². The van der Waals surface area contributed by atoms with E-state index in [1.807, 2.05) is 29.2 Å². The number of likely N-dealkylation sites (tertiary alicyclic amines) is 1. The summed E-state index contributed by atoms with van der Waals surface area (Å²) in [6, 6.07) is 15.0. The Morgan fingerprint density at radius 2 is 1.69 bits per heavy atom. The number of hydrogen-bond acceptors (Lipinski definition) is 4. The van der Waals surface area contributed by atoms with E-state index in [1.54, 1.807) is 24.3 Å². The first-order chi connectivity index (χ1) is 17.6. The Kier molecular flexibility index (Phi) is 9.61. The summed E-state index contributed by atoms with van der Waals surface area (Å²) in [5.41, 5.74) is 1.95. The van der Waals surface area contributed by atoms with Crippen molar-refractivity contribution in [3.05, 3.63) is 59.4 Å². The first-order valence-corrected chi connectivity index (χ1v) is 13.3. The molecule has 3 aromatic rings. The van der Waals surface area contributed by atoms with Gasteiger partial charge in [0.15, 0.2) is 6.61 Å². The number of amides is 2. The van der Waals surface area contributed by atoms with Gasteiger partial charge in [0, 0.05) is 31.1 Å². The van der Waals surface area contributed by atoms with Crippen LogP contribution in [0.25, 0.3) is 11.0 Å². The average Bonchev–Trinajstić information content (AvgIpc) is 3.04. The van der Waals surface area contributed by atoms with Gasteiger partial charge in [0.25, 0.3) is 5.91 Å². The van der Waals surface area contributed by atoms with Crippen LogP contribution in [0.3, 0.4) is 0 Å². The number of unbranched alkanes of at least 4 members (excludes halogenated alkanes) is 2. The first-order valence-electron chi connectivity index (χ1n) is 13.0. The van der Waals surface area contributed by atoms with Gasteiger partial charge in [-0.05, 0) is 62.1 Å². The number of para-hydroxylation sites is 2. The number of benzene rings is 2. The van der Waals surface area contributed by atoms with Crippen molar-refractivity contribution in [2.24, 2.45) is 0 Å². The van der Waals surface area contributed by atoms with E-state index in [1.165, 1.54) is 12.8 Å². The van der Waals surface area contributed by atoms with Gasteiger partial charge in [-0.25, -0.2) is 4.98 Å². The third kappa shape index (κ3) is 7.47. The van der Waals surface area contributed by atoms with Crippen LogP contribution in [0.5, 0.6) is 5.75 Å².